The molecule has 0 atom stereocenters. The number of carboxylic acids is 1. The number of aryl methyl sites for hydroxylation is 3. The largest absolute Gasteiger partial charge is 0.493 e. The third-order valence-electron chi connectivity index (χ3n) is 4.23. The van der Waals surface area contributed by atoms with Gasteiger partial charge in [0.2, 0.25) is 0 Å². The molecule has 5 nitrogen and oxygen atoms in total. The Hall–Kier alpha value is -2.82. The maximum Gasteiger partial charge on any atom is 0.323 e. The monoisotopic (exact) mass is 338 g/mol. The summed E-state index contributed by atoms with van der Waals surface area (Å²) in [6.45, 7) is 4.57. The molecule has 3 aromatic rings. The second-order valence-corrected chi connectivity index (χ2v) is 6.17. The van der Waals surface area contributed by atoms with E-state index in [1.165, 1.54) is 0 Å². The van der Waals surface area contributed by atoms with Crippen LogP contribution in [0.15, 0.2) is 42.5 Å². The Labute approximate surface area is 146 Å². The molecule has 1 N–H and O–H groups in total. The number of hydrogen-bond donors (Lipinski definition) is 1. The smallest absolute Gasteiger partial charge is 0.323 e. The number of imidazole rings is 1. The zero-order valence-electron chi connectivity index (χ0n) is 14.5. The van der Waals surface area contributed by atoms with Gasteiger partial charge in [0.1, 0.15) is 18.1 Å². The molecule has 0 aliphatic heterocycles. The van der Waals surface area contributed by atoms with Crippen molar-refractivity contribution >= 4 is 17.0 Å². The molecule has 1 heterocycles. The fourth-order valence-electron chi connectivity index (χ4n) is 3.06. The SMILES string of the molecule is Cc1cccc(C)c1OCCCc1nc2ccccc2n1CC(=O)O. The van der Waals surface area contributed by atoms with E-state index in [4.69, 9.17) is 4.74 Å². The summed E-state index contributed by atoms with van der Waals surface area (Å²) >= 11 is 0. The van der Waals surface area contributed by atoms with E-state index in [9.17, 15) is 9.90 Å². The van der Waals surface area contributed by atoms with Crippen molar-refractivity contribution in [1.82, 2.24) is 9.55 Å². The van der Waals surface area contributed by atoms with Gasteiger partial charge < -0.3 is 14.4 Å². The molecule has 0 saturated heterocycles. The Bertz CT molecular complexity index is 879. The van der Waals surface area contributed by atoms with E-state index in [0.29, 0.717) is 13.0 Å². The number of carboxylic acid groups (broad SMARTS) is 1. The van der Waals surface area contributed by atoms with Crippen molar-refractivity contribution in [3.05, 3.63) is 59.4 Å². The molecule has 5 heteroatoms. The third kappa shape index (κ3) is 3.82. The average Bonchev–Trinajstić information content (AvgIpc) is 2.91. The first-order valence-electron chi connectivity index (χ1n) is 8.41. The number of hydrogen-bond acceptors (Lipinski definition) is 3. The molecule has 0 spiro atoms. The molecule has 0 unspecified atom stereocenters. The molecule has 0 aliphatic carbocycles. The van der Waals surface area contributed by atoms with Crippen molar-refractivity contribution in [3.63, 3.8) is 0 Å². The lowest BCUT2D eigenvalue weighted by atomic mass is 10.1. The highest BCUT2D eigenvalue weighted by Gasteiger charge is 2.13. The number of nitrogens with zero attached hydrogens (tertiary/aromatic N) is 2. The molecule has 0 fully saturated rings. The lowest BCUT2D eigenvalue weighted by molar-refractivity contribution is -0.137. The minimum Gasteiger partial charge on any atom is -0.493 e. The Balaban J connectivity index is 1.70. The van der Waals surface area contributed by atoms with Crippen LogP contribution in [0.3, 0.4) is 0 Å². The second kappa shape index (κ2) is 7.38. The van der Waals surface area contributed by atoms with Gasteiger partial charge in [-0.25, -0.2) is 4.98 Å². The molecule has 25 heavy (non-hydrogen) atoms. The second-order valence-electron chi connectivity index (χ2n) is 6.17. The van der Waals surface area contributed by atoms with E-state index >= 15 is 0 Å². The lowest BCUT2D eigenvalue weighted by Gasteiger charge is -2.12. The predicted octanol–water partition coefficient (Wildman–Crippen LogP) is 3.75. The van der Waals surface area contributed by atoms with E-state index in [0.717, 1.165) is 40.2 Å². The van der Waals surface area contributed by atoms with Gasteiger partial charge in [0.05, 0.1) is 17.6 Å². The number of aromatic nitrogens is 2. The highest BCUT2D eigenvalue weighted by molar-refractivity contribution is 5.78. The van der Waals surface area contributed by atoms with E-state index in [1.807, 2.05) is 56.3 Å². The first-order valence-corrected chi connectivity index (χ1v) is 8.41. The highest BCUT2D eigenvalue weighted by Crippen LogP contribution is 2.23. The number of fused-ring (bicyclic) bond motifs is 1. The van der Waals surface area contributed by atoms with Crippen LogP contribution >= 0.6 is 0 Å². The van der Waals surface area contributed by atoms with E-state index in [-0.39, 0.29) is 6.54 Å². The minimum absolute atomic E-state index is 0.0758. The van der Waals surface area contributed by atoms with E-state index < -0.39 is 5.97 Å². The number of aliphatic carboxylic acids is 1. The molecule has 0 radical (unpaired) electrons. The lowest BCUT2D eigenvalue weighted by Crippen LogP contribution is -2.13. The molecular weight excluding hydrogens is 316 g/mol. The number of ether oxygens (including phenoxy) is 1. The Morgan fingerprint density at radius 1 is 1.12 bits per heavy atom. The van der Waals surface area contributed by atoms with Gasteiger partial charge in [-0.1, -0.05) is 30.3 Å². The van der Waals surface area contributed by atoms with Crippen LogP contribution in [0.25, 0.3) is 11.0 Å². The zero-order chi connectivity index (χ0) is 17.8. The van der Waals surface area contributed by atoms with Crippen molar-refractivity contribution in [2.24, 2.45) is 0 Å². The van der Waals surface area contributed by atoms with Crippen molar-refractivity contribution in [2.45, 2.75) is 33.2 Å². The fraction of sp³-hybridized carbons (Fsp3) is 0.300. The summed E-state index contributed by atoms with van der Waals surface area (Å²) in [5.41, 5.74) is 3.93. The van der Waals surface area contributed by atoms with Crippen LogP contribution in [0.1, 0.15) is 23.4 Å². The van der Waals surface area contributed by atoms with Crippen LogP contribution in [-0.2, 0) is 17.8 Å². The normalized spacial score (nSPS) is 11.0. The summed E-state index contributed by atoms with van der Waals surface area (Å²) in [6, 6.07) is 13.7. The van der Waals surface area contributed by atoms with Crippen molar-refractivity contribution < 1.29 is 14.6 Å². The van der Waals surface area contributed by atoms with Gasteiger partial charge in [-0.3, -0.25) is 4.79 Å². The first-order chi connectivity index (χ1) is 12.1. The number of benzene rings is 2. The molecule has 2 aromatic carbocycles. The van der Waals surface area contributed by atoms with E-state index in [1.54, 1.807) is 4.57 Å². The summed E-state index contributed by atoms with van der Waals surface area (Å²) in [5, 5.41) is 9.18. The van der Waals surface area contributed by atoms with Gasteiger partial charge in [-0.2, -0.15) is 0 Å². The number of rotatable bonds is 7. The molecule has 0 aliphatic rings. The zero-order valence-corrected chi connectivity index (χ0v) is 14.5. The van der Waals surface area contributed by atoms with Crippen LogP contribution in [-0.4, -0.2) is 27.2 Å². The topological polar surface area (TPSA) is 64.4 Å². The molecule has 3 rings (SSSR count). The van der Waals surface area contributed by atoms with Gasteiger partial charge >= 0.3 is 5.97 Å². The van der Waals surface area contributed by atoms with Crippen LogP contribution in [0.2, 0.25) is 0 Å². The van der Waals surface area contributed by atoms with Crippen LogP contribution < -0.4 is 4.74 Å². The Morgan fingerprint density at radius 3 is 2.56 bits per heavy atom. The van der Waals surface area contributed by atoms with Gasteiger partial charge in [0.15, 0.2) is 0 Å². The van der Waals surface area contributed by atoms with Crippen molar-refractivity contribution in [3.8, 4) is 5.75 Å². The van der Waals surface area contributed by atoms with Crippen LogP contribution in [0, 0.1) is 13.8 Å². The number of para-hydroxylation sites is 3. The van der Waals surface area contributed by atoms with Crippen molar-refractivity contribution in [1.29, 1.82) is 0 Å². The Morgan fingerprint density at radius 2 is 1.84 bits per heavy atom. The summed E-state index contributed by atoms with van der Waals surface area (Å²) in [7, 11) is 0. The van der Waals surface area contributed by atoms with Crippen LogP contribution in [0.4, 0.5) is 0 Å². The molecule has 0 bridgehead atoms. The van der Waals surface area contributed by atoms with Crippen molar-refractivity contribution in [2.75, 3.05) is 6.61 Å². The van der Waals surface area contributed by atoms with Crippen LogP contribution in [0.5, 0.6) is 5.75 Å². The van der Waals surface area contributed by atoms with Gasteiger partial charge in [0, 0.05) is 6.42 Å². The molecule has 1 aromatic heterocycles. The molecular formula is C20H22N2O3. The Kier molecular flexibility index (Phi) is 5.03. The standard InChI is InChI=1S/C20H22N2O3/c1-14-7-5-8-15(2)20(14)25-12-6-11-18-21-16-9-3-4-10-17(16)22(18)13-19(23)24/h3-5,7-10H,6,11-13H2,1-2H3,(H,23,24). The van der Waals surface area contributed by atoms with Gasteiger partial charge in [-0.05, 0) is 43.5 Å². The molecule has 0 saturated carbocycles. The minimum atomic E-state index is -0.865. The summed E-state index contributed by atoms with van der Waals surface area (Å²) in [4.78, 5) is 15.8. The fourth-order valence-corrected chi connectivity index (χ4v) is 3.06. The summed E-state index contributed by atoms with van der Waals surface area (Å²) in [5.74, 6) is 0.853. The maximum atomic E-state index is 11.2. The number of carbonyl (C=O) groups is 1. The quantitative estimate of drug-likeness (QED) is 0.666. The predicted molar refractivity (Wildman–Crippen MR) is 97.1 cm³/mol. The average molecular weight is 338 g/mol. The van der Waals surface area contributed by atoms with E-state index in [2.05, 4.69) is 4.98 Å². The molecule has 130 valence electrons. The maximum absolute atomic E-state index is 11.2. The summed E-state index contributed by atoms with van der Waals surface area (Å²) < 4.78 is 7.71. The van der Waals surface area contributed by atoms with Gasteiger partial charge in [0.25, 0.3) is 0 Å². The third-order valence-corrected chi connectivity index (χ3v) is 4.23. The van der Waals surface area contributed by atoms with Gasteiger partial charge in [-0.15, -0.1) is 0 Å². The first kappa shape index (κ1) is 17.0. The molecule has 0 amide bonds. The highest BCUT2D eigenvalue weighted by atomic mass is 16.5. The summed E-state index contributed by atoms with van der Waals surface area (Å²) in [6.07, 6.45) is 1.45.